The summed E-state index contributed by atoms with van der Waals surface area (Å²) < 4.78 is 6.04. The van der Waals surface area contributed by atoms with Crippen molar-refractivity contribution in [3.63, 3.8) is 0 Å². The largest absolute Gasteiger partial charge is 0.457 e. The van der Waals surface area contributed by atoms with Gasteiger partial charge in [-0.3, -0.25) is 0 Å². The van der Waals surface area contributed by atoms with E-state index in [9.17, 15) is 0 Å². The van der Waals surface area contributed by atoms with Crippen molar-refractivity contribution in [1.29, 1.82) is 0 Å². The molecule has 0 saturated carbocycles. The summed E-state index contributed by atoms with van der Waals surface area (Å²) in [7, 11) is 0. The van der Waals surface area contributed by atoms with Gasteiger partial charge < -0.3 is 4.74 Å². The Morgan fingerprint density at radius 3 is 1.67 bits per heavy atom. The third-order valence-electron chi connectivity index (χ3n) is 4.23. The first-order valence-electron chi connectivity index (χ1n) is 6.68. The average molecular weight is 238 g/mol. The van der Waals surface area contributed by atoms with Crippen LogP contribution in [0.15, 0.2) is 48.5 Å². The number of rotatable bonds is 2. The van der Waals surface area contributed by atoms with Crippen LogP contribution < -0.4 is 4.74 Å². The molecule has 0 saturated heterocycles. The van der Waals surface area contributed by atoms with Crippen molar-refractivity contribution < 1.29 is 4.74 Å². The highest BCUT2D eigenvalue weighted by Gasteiger charge is 2.38. The summed E-state index contributed by atoms with van der Waals surface area (Å²) in [4.78, 5) is 0. The van der Waals surface area contributed by atoms with Crippen LogP contribution in [0.2, 0.25) is 0 Å². The summed E-state index contributed by atoms with van der Waals surface area (Å²) in [5.41, 5.74) is 2.76. The molecule has 2 aromatic carbocycles. The first kappa shape index (κ1) is 11.3. The molecule has 0 aromatic heterocycles. The van der Waals surface area contributed by atoms with Crippen LogP contribution in [0, 0.1) is 0 Å². The Bertz CT molecular complexity index is 520. The minimum Gasteiger partial charge on any atom is -0.457 e. The molecule has 1 heteroatoms. The molecule has 0 bridgehead atoms. The van der Waals surface area contributed by atoms with Gasteiger partial charge in [0.15, 0.2) is 0 Å². The minimum absolute atomic E-state index is 0.103. The Hall–Kier alpha value is -1.76. The smallest absolute Gasteiger partial charge is 0.131 e. The van der Waals surface area contributed by atoms with Crippen molar-refractivity contribution in [1.82, 2.24) is 0 Å². The van der Waals surface area contributed by atoms with Crippen LogP contribution in [0.1, 0.15) is 37.8 Å². The van der Waals surface area contributed by atoms with E-state index in [1.165, 1.54) is 11.1 Å². The fourth-order valence-corrected chi connectivity index (χ4v) is 3.18. The van der Waals surface area contributed by atoms with Crippen molar-refractivity contribution in [3.05, 3.63) is 59.7 Å². The van der Waals surface area contributed by atoms with E-state index in [4.69, 9.17) is 4.74 Å². The lowest BCUT2D eigenvalue weighted by Crippen LogP contribution is -2.29. The lowest BCUT2D eigenvalue weighted by atomic mass is 9.69. The molecule has 0 unspecified atom stereocenters. The predicted molar refractivity (Wildman–Crippen MR) is 74.3 cm³/mol. The fraction of sp³-hybridized carbons (Fsp3) is 0.294. The molecule has 2 aromatic rings. The van der Waals surface area contributed by atoms with Gasteiger partial charge in [0.1, 0.15) is 11.5 Å². The fourth-order valence-electron chi connectivity index (χ4n) is 3.18. The molecule has 0 aliphatic carbocycles. The van der Waals surface area contributed by atoms with Crippen LogP contribution in [0.5, 0.6) is 11.5 Å². The zero-order chi connectivity index (χ0) is 12.6. The second-order valence-electron chi connectivity index (χ2n) is 4.88. The zero-order valence-corrected chi connectivity index (χ0v) is 10.9. The van der Waals surface area contributed by atoms with E-state index in [2.05, 4.69) is 50.2 Å². The van der Waals surface area contributed by atoms with Crippen molar-refractivity contribution in [2.45, 2.75) is 32.1 Å². The minimum atomic E-state index is 0.103. The molecule has 1 aliphatic rings. The van der Waals surface area contributed by atoms with Gasteiger partial charge in [-0.1, -0.05) is 50.2 Å². The molecule has 0 atom stereocenters. The van der Waals surface area contributed by atoms with E-state index < -0.39 is 0 Å². The van der Waals surface area contributed by atoms with Crippen LogP contribution in [0.25, 0.3) is 0 Å². The molecule has 1 nitrogen and oxygen atoms in total. The number of para-hydroxylation sites is 2. The van der Waals surface area contributed by atoms with Crippen LogP contribution >= 0.6 is 0 Å². The molecule has 0 N–H and O–H groups in total. The van der Waals surface area contributed by atoms with Gasteiger partial charge in [0.2, 0.25) is 0 Å². The van der Waals surface area contributed by atoms with E-state index in [0.717, 1.165) is 24.3 Å². The lowest BCUT2D eigenvalue weighted by Gasteiger charge is -2.39. The first-order chi connectivity index (χ1) is 8.81. The molecule has 92 valence electrons. The summed E-state index contributed by atoms with van der Waals surface area (Å²) in [5.74, 6) is 2.03. The summed E-state index contributed by atoms with van der Waals surface area (Å²) in [5, 5.41) is 0. The van der Waals surface area contributed by atoms with Crippen molar-refractivity contribution in [2.24, 2.45) is 0 Å². The second-order valence-corrected chi connectivity index (χ2v) is 4.88. The maximum absolute atomic E-state index is 6.04. The Balaban J connectivity index is 2.30. The Kier molecular flexibility index (Phi) is 2.62. The number of hydrogen-bond donors (Lipinski definition) is 0. The van der Waals surface area contributed by atoms with E-state index >= 15 is 0 Å². The average Bonchev–Trinajstić information content (AvgIpc) is 2.45. The van der Waals surface area contributed by atoms with Crippen LogP contribution in [-0.4, -0.2) is 0 Å². The Labute approximate surface area is 108 Å². The normalized spacial score (nSPS) is 15.4. The standard InChI is InChI=1S/C17H18O/c1-3-17(4-2)13-9-5-7-11-15(13)18-16-12-8-6-10-14(16)17/h5-12H,3-4H2,1-2H3. The molecule has 0 spiro atoms. The van der Waals surface area contributed by atoms with Crippen molar-refractivity contribution in [3.8, 4) is 11.5 Å². The molecular formula is C17H18O. The molecule has 0 amide bonds. The molecule has 1 heterocycles. The van der Waals surface area contributed by atoms with Crippen LogP contribution in [0.3, 0.4) is 0 Å². The van der Waals surface area contributed by atoms with Gasteiger partial charge in [-0.15, -0.1) is 0 Å². The van der Waals surface area contributed by atoms with E-state index in [0.29, 0.717) is 0 Å². The Morgan fingerprint density at radius 1 is 0.778 bits per heavy atom. The first-order valence-corrected chi connectivity index (χ1v) is 6.68. The van der Waals surface area contributed by atoms with Gasteiger partial charge in [0.25, 0.3) is 0 Å². The Morgan fingerprint density at radius 2 is 1.22 bits per heavy atom. The van der Waals surface area contributed by atoms with Gasteiger partial charge in [0.05, 0.1) is 0 Å². The topological polar surface area (TPSA) is 9.23 Å². The third kappa shape index (κ3) is 1.40. The molecule has 3 rings (SSSR count). The maximum Gasteiger partial charge on any atom is 0.131 e. The highest BCUT2D eigenvalue weighted by Crippen LogP contribution is 2.51. The number of hydrogen-bond acceptors (Lipinski definition) is 1. The molecule has 0 radical (unpaired) electrons. The van der Waals surface area contributed by atoms with Gasteiger partial charge in [-0.25, -0.2) is 0 Å². The van der Waals surface area contributed by atoms with Gasteiger partial charge in [-0.2, -0.15) is 0 Å². The van der Waals surface area contributed by atoms with Crippen molar-refractivity contribution in [2.75, 3.05) is 0 Å². The predicted octanol–water partition coefficient (Wildman–Crippen LogP) is 4.90. The van der Waals surface area contributed by atoms with Gasteiger partial charge in [-0.05, 0) is 25.0 Å². The summed E-state index contributed by atoms with van der Waals surface area (Å²) >= 11 is 0. The van der Waals surface area contributed by atoms with E-state index in [1.807, 2.05) is 12.1 Å². The van der Waals surface area contributed by atoms with E-state index in [1.54, 1.807) is 0 Å². The maximum atomic E-state index is 6.04. The highest BCUT2D eigenvalue weighted by molar-refractivity contribution is 5.57. The summed E-state index contributed by atoms with van der Waals surface area (Å²) in [6.45, 7) is 4.53. The van der Waals surface area contributed by atoms with Gasteiger partial charge >= 0.3 is 0 Å². The van der Waals surface area contributed by atoms with Crippen LogP contribution in [-0.2, 0) is 5.41 Å². The van der Waals surface area contributed by atoms with E-state index in [-0.39, 0.29) is 5.41 Å². The zero-order valence-electron chi connectivity index (χ0n) is 10.9. The number of ether oxygens (including phenoxy) is 1. The van der Waals surface area contributed by atoms with Crippen molar-refractivity contribution >= 4 is 0 Å². The molecule has 0 fully saturated rings. The third-order valence-corrected chi connectivity index (χ3v) is 4.23. The number of benzene rings is 2. The van der Waals surface area contributed by atoms with Crippen LogP contribution in [0.4, 0.5) is 0 Å². The highest BCUT2D eigenvalue weighted by atomic mass is 16.5. The summed E-state index contributed by atoms with van der Waals surface area (Å²) in [6, 6.07) is 16.9. The number of fused-ring (bicyclic) bond motifs is 2. The lowest BCUT2D eigenvalue weighted by molar-refractivity contribution is 0.375. The van der Waals surface area contributed by atoms with Gasteiger partial charge in [0, 0.05) is 16.5 Å². The second kappa shape index (κ2) is 4.16. The SMILES string of the molecule is CCC1(CC)c2ccccc2Oc2ccccc21. The monoisotopic (exact) mass is 238 g/mol. The summed E-state index contributed by atoms with van der Waals surface area (Å²) in [6.07, 6.45) is 2.20. The quantitative estimate of drug-likeness (QED) is 0.723. The molecule has 1 aliphatic heterocycles. The molecule has 18 heavy (non-hydrogen) atoms. The molecular weight excluding hydrogens is 220 g/mol.